The summed E-state index contributed by atoms with van der Waals surface area (Å²) in [6.45, 7) is 0.664. The minimum Gasteiger partial charge on any atom is -0.294 e. The van der Waals surface area contributed by atoms with Crippen LogP contribution in [0.2, 0.25) is 0 Å². The summed E-state index contributed by atoms with van der Waals surface area (Å²) in [6, 6.07) is 30.7. The highest BCUT2D eigenvalue weighted by Gasteiger charge is 2.19. The minimum atomic E-state index is 0.664. The Bertz CT molecular complexity index is 1180. The van der Waals surface area contributed by atoms with Crippen LogP contribution in [-0.4, -0.2) is 19.7 Å². The van der Waals surface area contributed by atoms with Crippen molar-refractivity contribution in [2.45, 2.75) is 6.54 Å². The van der Waals surface area contributed by atoms with Crippen LogP contribution in [0.25, 0.3) is 11.0 Å². The Morgan fingerprint density at radius 2 is 1.28 bits per heavy atom. The van der Waals surface area contributed by atoms with Crippen molar-refractivity contribution in [1.29, 1.82) is 0 Å². The standard InChI is InChI=1S/C24H19N5/c1-4-10-19(11-5-1)17-28-23-22(16-27-28)24(26-18-25-23)29(20-12-6-2-7-13-20)21-14-8-3-9-15-21/h1-16,18H,17H2. The third-order valence-corrected chi connectivity index (χ3v) is 4.83. The van der Waals surface area contributed by atoms with Crippen LogP contribution in [0, 0.1) is 0 Å². The van der Waals surface area contributed by atoms with Crippen LogP contribution in [-0.2, 0) is 6.54 Å². The zero-order valence-electron chi connectivity index (χ0n) is 15.8. The van der Waals surface area contributed by atoms with E-state index in [2.05, 4.69) is 56.4 Å². The van der Waals surface area contributed by atoms with E-state index in [-0.39, 0.29) is 0 Å². The molecule has 0 atom stereocenters. The summed E-state index contributed by atoms with van der Waals surface area (Å²) < 4.78 is 1.92. The normalized spacial score (nSPS) is 10.9. The number of hydrogen-bond donors (Lipinski definition) is 0. The lowest BCUT2D eigenvalue weighted by Gasteiger charge is -2.24. The molecule has 5 aromatic rings. The maximum Gasteiger partial charge on any atom is 0.163 e. The largest absolute Gasteiger partial charge is 0.294 e. The predicted molar refractivity (Wildman–Crippen MR) is 116 cm³/mol. The van der Waals surface area contributed by atoms with E-state index < -0.39 is 0 Å². The Labute approximate surface area is 168 Å². The molecule has 5 rings (SSSR count). The van der Waals surface area contributed by atoms with Gasteiger partial charge in [-0.15, -0.1) is 0 Å². The molecule has 0 aliphatic carbocycles. The molecule has 29 heavy (non-hydrogen) atoms. The van der Waals surface area contributed by atoms with Gasteiger partial charge in [-0.25, -0.2) is 14.6 Å². The van der Waals surface area contributed by atoms with Crippen LogP contribution < -0.4 is 4.90 Å². The summed E-state index contributed by atoms with van der Waals surface area (Å²) in [7, 11) is 0. The van der Waals surface area contributed by atoms with Crippen molar-refractivity contribution in [3.05, 3.63) is 109 Å². The Kier molecular flexibility index (Phi) is 4.47. The molecule has 0 aliphatic heterocycles. The molecule has 5 heteroatoms. The second kappa shape index (κ2) is 7.56. The monoisotopic (exact) mass is 377 g/mol. The van der Waals surface area contributed by atoms with Gasteiger partial charge in [0.15, 0.2) is 11.5 Å². The van der Waals surface area contributed by atoms with Gasteiger partial charge >= 0.3 is 0 Å². The summed E-state index contributed by atoms with van der Waals surface area (Å²) in [6.07, 6.45) is 3.46. The number of anilines is 3. The van der Waals surface area contributed by atoms with Crippen LogP contribution >= 0.6 is 0 Å². The number of aromatic nitrogens is 4. The molecular weight excluding hydrogens is 358 g/mol. The quantitative estimate of drug-likeness (QED) is 0.414. The van der Waals surface area contributed by atoms with E-state index >= 15 is 0 Å². The highest BCUT2D eigenvalue weighted by molar-refractivity contribution is 5.92. The fraction of sp³-hybridized carbons (Fsp3) is 0.0417. The van der Waals surface area contributed by atoms with Gasteiger partial charge in [-0.2, -0.15) is 5.10 Å². The van der Waals surface area contributed by atoms with Gasteiger partial charge in [0, 0.05) is 11.4 Å². The van der Waals surface area contributed by atoms with Crippen molar-refractivity contribution in [3.8, 4) is 0 Å². The Hall–Kier alpha value is -3.99. The maximum atomic E-state index is 4.64. The molecule has 0 saturated heterocycles. The maximum absolute atomic E-state index is 4.64. The van der Waals surface area contributed by atoms with Gasteiger partial charge in [0.05, 0.1) is 18.1 Å². The Morgan fingerprint density at radius 3 is 1.90 bits per heavy atom. The molecule has 0 spiro atoms. The fourth-order valence-corrected chi connectivity index (χ4v) is 3.48. The number of benzene rings is 3. The molecule has 0 fully saturated rings. The van der Waals surface area contributed by atoms with E-state index in [1.807, 2.05) is 65.5 Å². The summed E-state index contributed by atoms with van der Waals surface area (Å²) >= 11 is 0. The summed E-state index contributed by atoms with van der Waals surface area (Å²) in [4.78, 5) is 11.3. The molecule has 0 bridgehead atoms. The molecule has 0 unspecified atom stereocenters. The van der Waals surface area contributed by atoms with Crippen LogP contribution in [0.5, 0.6) is 0 Å². The molecule has 5 nitrogen and oxygen atoms in total. The first-order chi connectivity index (χ1) is 14.4. The zero-order chi connectivity index (χ0) is 19.5. The van der Waals surface area contributed by atoms with Crippen molar-refractivity contribution >= 4 is 28.2 Å². The van der Waals surface area contributed by atoms with Crippen LogP contribution in [0.15, 0.2) is 104 Å². The average molecular weight is 377 g/mol. The number of rotatable bonds is 5. The van der Waals surface area contributed by atoms with Crippen molar-refractivity contribution in [1.82, 2.24) is 19.7 Å². The van der Waals surface area contributed by atoms with Crippen LogP contribution in [0.4, 0.5) is 17.2 Å². The van der Waals surface area contributed by atoms with E-state index in [1.54, 1.807) is 6.33 Å². The highest BCUT2D eigenvalue weighted by atomic mass is 15.3. The third kappa shape index (κ3) is 3.34. The highest BCUT2D eigenvalue weighted by Crippen LogP contribution is 2.36. The lowest BCUT2D eigenvalue weighted by atomic mass is 10.2. The number of hydrogen-bond acceptors (Lipinski definition) is 4. The Balaban J connectivity index is 1.64. The summed E-state index contributed by atoms with van der Waals surface area (Å²) in [5.41, 5.74) is 4.07. The average Bonchev–Trinajstić information content (AvgIpc) is 3.20. The lowest BCUT2D eigenvalue weighted by molar-refractivity contribution is 0.703. The van der Waals surface area contributed by atoms with E-state index in [4.69, 9.17) is 0 Å². The minimum absolute atomic E-state index is 0.664. The van der Waals surface area contributed by atoms with Gasteiger partial charge in [0.2, 0.25) is 0 Å². The zero-order valence-corrected chi connectivity index (χ0v) is 15.8. The predicted octanol–water partition coefficient (Wildman–Crippen LogP) is 5.34. The van der Waals surface area contributed by atoms with Gasteiger partial charge in [-0.05, 0) is 29.8 Å². The molecule has 0 radical (unpaired) electrons. The molecule has 0 amide bonds. The number of fused-ring (bicyclic) bond motifs is 1. The van der Waals surface area contributed by atoms with Gasteiger partial charge in [0.1, 0.15) is 6.33 Å². The topological polar surface area (TPSA) is 46.8 Å². The molecule has 2 heterocycles. The Morgan fingerprint density at radius 1 is 0.690 bits per heavy atom. The first-order valence-electron chi connectivity index (χ1n) is 9.51. The molecule has 0 aliphatic rings. The summed E-state index contributed by atoms with van der Waals surface area (Å²) in [5, 5.41) is 5.52. The molecule has 2 aromatic heterocycles. The molecular formula is C24H19N5. The molecule has 0 saturated carbocycles. The molecule has 140 valence electrons. The number of nitrogens with zero attached hydrogens (tertiary/aromatic N) is 5. The van der Waals surface area contributed by atoms with Crippen LogP contribution in [0.1, 0.15) is 5.56 Å². The first kappa shape index (κ1) is 17.1. The first-order valence-corrected chi connectivity index (χ1v) is 9.51. The van der Waals surface area contributed by atoms with Crippen molar-refractivity contribution in [2.24, 2.45) is 0 Å². The fourth-order valence-electron chi connectivity index (χ4n) is 3.48. The van der Waals surface area contributed by atoms with Crippen molar-refractivity contribution < 1.29 is 0 Å². The van der Waals surface area contributed by atoms with Gasteiger partial charge < -0.3 is 0 Å². The van der Waals surface area contributed by atoms with Crippen molar-refractivity contribution in [3.63, 3.8) is 0 Å². The number of para-hydroxylation sites is 2. The van der Waals surface area contributed by atoms with E-state index in [9.17, 15) is 0 Å². The van der Waals surface area contributed by atoms with Gasteiger partial charge in [-0.1, -0.05) is 66.7 Å². The van der Waals surface area contributed by atoms with Gasteiger partial charge in [0.25, 0.3) is 0 Å². The van der Waals surface area contributed by atoms with E-state index in [0.29, 0.717) is 6.54 Å². The van der Waals surface area contributed by atoms with E-state index in [1.165, 1.54) is 5.56 Å². The van der Waals surface area contributed by atoms with Crippen LogP contribution in [0.3, 0.4) is 0 Å². The lowest BCUT2D eigenvalue weighted by Crippen LogP contribution is -2.12. The smallest absolute Gasteiger partial charge is 0.163 e. The van der Waals surface area contributed by atoms with Crippen molar-refractivity contribution in [2.75, 3.05) is 4.90 Å². The summed E-state index contributed by atoms with van der Waals surface area (Å²) in [5.74, 6) is 0.812. The second-order valence-electron chi connectivity index (χ2n) is 6.73. The molecule has 0 N–H and O–H groups in total. The van der Waals surface area contributed by atoms with E-state index in [0.717, 1.165) is 28.2 Å². The van der Waals surface area contributed by atoms with Gasteiger partial charge in [-0.3, -0.25) is 4.90 Å². The molecule has 3 aromatic carbocycles. The second-order valence-corrected chi connectivity index (χ2v) is 6.73. The SMILES string of the molecule is c1ccc(Cn2ncc3c(N(c4ccccc4)c4ccccc4)ncnc32)cc1. The third-order valence-electron chi connectivity index (χ3n) is 4.83.